The highest BCUT2D eigenvalue weighted by Crippen LogP contribution is 2.31. The van der Waals surface area contributed by atoms with Gasteiger partial charge >= 0.3 is 0 Å². The number of rotatable bonds is 6. The number of hydrogen-bond donors (Lipinski definition) is 2. The highest BCUT2D eigenvalue weighted by Gasteiger charge is 2.06. The molecule has 1 heterocycles. The first-order valence-electron chi connectivity index (χ1n) is 7.51. The smallest absolute Gasteiger partial charge is 0.244 e. The molecule has 0 spiro atoms. The second-order valence-corrected chi connectivity index (χ2v) is 5.98. The zero-order valence-electron chi connectivity index (χ0n) is 13.0. The Bertz CT molecular complexity index is 858. The highest BCUT2D eigenvalue weighted by atomic mass is 35.5. The molecule has 0 aliphatic heterocycles. The lowest BCUT2D eigenvalue weighted by Gasteiger charge is -2.09. The quantitative estimate of drug-likeness (QED) is 0.650. The SMILES string of the molecule is Fc1ccc(CCNc2nncc(Nc3cccc(Cl)c3Cl)n2)cc1. The Balaban J connectivity index is 1.61. The lowest BCUT2D eigenvalue weighted by molar-refractivity contribution is 0.627. The highest BCUT2D eigenvalue weighted by molar-refractivity contribution is 6.43. The molecule has 0 saturated heterocycles. The van der Waals surface area contributed by atoms with E-state index in [1.165, 1.54) is 18.3 Å². The van der Waals surface area contributed by atoms with E-state index in [1.54, 1.807) is 30.3 Å². The van der Waals surface area contributed by atoms with Gasteiger partial charge in [0.2, 0.25) is 5.95 Å². The molecule has 0 unspecified atom stereocenters. The van der Waals surface area contributed by atoms with Crippen LogP contribution in [0.5, 0.6) is 0 Å². The number of nitrogens with one attached hydrogen (secondary N) is 2. The third-order valence-electron chi connectivity index (χ3n) is 3.38. The van der Waals surface area contributed by atoms with Crippen molar-refractivity contribution in [2.24, 2.45) is 0 Å². The van der Waals surface area contributed by atoms with Gasteiger partial charge < -0.3 is 10.6 Å². The summed E-state index contributed by atoms with van der Waals surface area (Å²) in [6.45, 7) is 0.592. The average molecular weight is 378 g/mol. The van der Waals surface area contributed by atoms with E-state index in [9.17, 15) is 4.39 Å². The van der Waals surface area contributed by atoms with Crippen LogP contribution in [0.15, 0.2) is 48.7 Å². The van der Waals surface area contributed by atoms with Gasteiger partial charge in [0.25, 0.3) is 0 Å². The molecule has 25 heavy (non-hydrogen) atoms. The zero-order valence-corrected chi connectivity index (χ0v) is 14.5. The van der Waals surface area contributed by atoms with Crippen molar-refractivity contribution < 1.29 is 4.39 Å². The molecular formula is C17H14Cl2FN5. The minimum Gasteiger partial charge on any atom is -0.353 e. The second-order valence-electron chi connectivity index (χ2n) is 5.19. The van der Waals surface area contributed by atoms with Crippen molar-refractivity contribution in [3.05, 3.63) is 70.1 Å². The van der Waals surface area contributed by atoms with Crippen LogP contribution in [0.1, 0.15) is 5.56 Å². The van der Waals surface area contributed by atoms with Crippen molar-refractivity contribution in [3.8, 4) is 0 Å². The van der Waals surface area contributed by atoms with E-state index in [4.69, 9.17) is 23.2 Å². The summed E-state index contributed by atoms with van der Waals surface area (Å²) < 4.78 is 12.9. The fourth-order valence-corrected chi connectivity index (χ4v) is 2.49. The van der Waals surface area contributed by atoms with Crippen LogP contribution in [0, 0.1) is 5.82 Å². The predicted octanol–water partition coefficient (Wildman–Crippen LogP) is 4.72. The molecule has 3 rings (SSSR count). The number of nitrogens with zero attached hydrogens (tertiary/aromatic N) is 3. The monoisotopic (exact) mass is 377 g/mol. The fraction of sp³-hybridized carbons (Fsp3) is 0.118. The molecule has 2 aromatic carbocycles. The maximum absolute atomic E-state index is 12.9. The maximum Gasteiger partial charge on any atom is 0.244 e. The summed E-state index contributed by atoms with van der Waals surface area (Å²) in [5, 5.41) is 14.8. The molecule has 0 aliphatic rings. The maximum atomic E-state index is 12.9. The number of anilines is 3. The van der Waals surface area contributed by atoms with Crippen LogP contribution >= 0.6 is 23.2 Å². The Morgan fingerprint density at radius 3 is 2.64 bits per heavy atom. The molecule has 0 saturated carbocycles. The molecule has 0 radical (unpaired) electrons. The molecule has 128 valence electrons. The van der Waals surface area contributed by atoms with Crippen molar-refractivity contribution in [1.29, 1.82) is 0 Å². The van der Waals surface area contributed by atoms with E-state index >= 15 is 0 Å². The molecule has 0 bridgehead atoms. The first-order chi connectivity index (χ1) is 12.1. The van der Waals surface area contributed by atoms with Gasteiger partial charge in [-0.3, -0.25) is 0 Å². The molecule has 3 aromatic rings. The lowest BCUT2D eigenvalue weighted by Crippen LogP contribution is -2.09. The van der Waals surface area contributed by atoms with E-state index < -0.39 is 0 Å². The van der Waals surface area contributed by atoms with Gasteiger partial charge in [0.1, 0.15) is 5.82 Å². The molecular weight excluding hydrogens is 364 g/mol. The number of hydrogen-bond acceptors (Lipinski definition) is 5. The van der Waals surface area contributed by atoms with E-state index in [0.29, 0.717) is 40.5 Å². The Labute approximate surface area is 154 Å². The Kier molecular flexibility index (Phi) is 5.63. The van der Waals surface area contributed by atoms with Crippen molar-refractivity contribution in [1.82, 2.24) is 15.2 Å². The Morgan fingerprint density at radius 2 is 1.84 bits per heavy atom. The summed E-state index contributed by atoms with van der Waals surface area (Å²) in [6.07, 6.45) is 2.20. The predicted molar refractivity (Wildman–Crippen MR) is 98.2 cm³/mol. The van der Waals surface area contributed by atoms with Gasteiger partial charge in [-0.05, 0) is 36.2 Å². The van der Waals surface area contributed by atoms with Gasteiger partial charge in [-0.25, -0.2) is 4.39 Å². The minimum absolute atomic E-state index is 0.248. The first-order valence-corrected chi connectivity index (χ1v) is 8.26. The number of benzene rings is 2. The van der Waals surface area contributed by atoms with E-state index in [-0.39, 0.29) is 5.82 Å². The van der Waals surface area contributed by atoms with Gasteiger partial charge in [0, 0.05) is 6.54 Å². The van der Waals surface area contributed by atoms with Gasteiger partial charge in [0.15, 0.2) is 5.82 Å². The molecule has 1 aromatic heterocycles. The molecule has 0 fully saturated rings. The number of halogens is 3. The molecule has 2 N–H and O–H groups in total. The molecule has 8 heteroatoms. The van der Waals surface area contributed by atoms with Crippen LogP contribution in [-0.2, 0) is 6.42 Å². The standard InChI is InChI=1S/C17H14Cl2FN5/c18-13-2-1-3-14(16(13)19)23-15-10-22-25-17(24-15)21-9-8-11-4-6-12(20)7-5-11/h1-7,10H,8-9H2,(H2,21,23,24,25). The van der Waals surface area contributed by atoms with Crippen molar-refractivity contribution in [2.45, 2.75) is 6.42 Å². The van der Waals surface area contributed by atoms with Gasteiger partial charge in [-0.15, -0.1) is 5.10 Å². The molecule has 0 amide bonds. The van der Waals surface area contributed by atoms with Crippen LogP contribution in [-0.4, -0.2) is 21.7 Å². The summed E-state index contributed by atoms with van der Waals surface area (Å²) in [7, 11) is 0. The van der Waals surface area contributed by atoms with Gasteiger partial charge in [-0.2, -0.15) is 10.1 Å². The summed E-state index contributed by atoms with van der Waals surface area (Å²) in [5.41, 5.74) is 1.65. The third kappa shape index (κ3) is 4.78. The van der Waals surface area contributed by atoms with Crippen LogP contribution in [0.25, 0.3) is 0 Å². The lowest BCUT2D eigenvalue weighted by atomic mass is 10.1. The van der Waals surface area contributed by atoms with E-state index in [1.807, 2.05) is 0 Å². The van der Waals surface area contributed by atoms with E-state index in [0.717, 1.165) is 5.56 Å². The van der Waals surface area contributed by atoms with Crippen molar-refractivity contribution >= 4 is 40.7 Å². The summed E-state index contributed by atoms with van der Waals surface area (Å²) in [5.74, 6) is 0.622. The summed E-state index contributed by atoms with van der Waals surface area (Å²) in [4.78, 5) is 4.33. The topological polar surface area (TPSA) is 62.7 Å². The van der Waals surface area contributed by atoms with E-state index in [2.05, 4.69) is 25.8 Å². The largest absolute Gasteiger partial charge is 0.353 e. The first kappa shape index (κ1) is 17.4. The zero-order chi connectivity index (χ0) is 17.6. The average Bonchev–Trinajstić information content (AvgIpc) is 2.61. The third-order valence-corrected chi connectivity index (χ3v) is 4.20. The van der Waals surface area contributed by atoms with Crippen molar-refractivity contribution in [2.75, 3.05) is 17.2 Å². The van der Waals surface area contributed by atoms with Crippen LogP contribution < -0.4 is 10.6 Å². The van der Waals surface area contributed by atoms with Crippen LogP contribution in [0.3, 0.4) is 0 Å². The Morgan fingerprint density at radius 1 is 1.04 bits per heavy atom. The molecule has 0 aliphatic carbocycles. The Hall–Kier alpha value is -2.44. The fourth-order valence-electron chi connectivity index (χ4n) is 2.15. The minimum atomic E-state index is -0.248. The van der Waals surface area contributed by atoms with Crippen molar-refractivity contribution in [3.63, 3.8) is 0 Å². The molecule has 0 atom stereocenters. The van der Waals surface area contributed by atoms with Gasteiger partial charge in [0.05, 0.1) is 21.9 Å². The summed E-state index contributed by atoms with van der Waals surface area (Å²) >= 11 is 12.1. The normalized spacial score (nSPS) is 10.5. The van der Waals surface area contributed by atoms with Gasteiger partial charge in [-0.1, -0.05) is 41.4 Å². The second kappa shape index (κ2) is 8.09. The number of aromatic nitrogens is 3. The summed E-state index contributed by atoms with van der Waals surface area (Å²) in [6, 6.07) is 11.6. The van der Waals surface area contributed by atoms with Crippen LogP contribution in [0.4, 0.5) is 21.8 Å². The van der Waals surface area contributed by atoms with Crippen LogP contribution in [0.2, 0.25) is 10.0 Å². The molecule has 5 nitrogen and oxygen atoms in total.